The maximum absolute atomic E-state index is 8.63. The molecule has 0 saturated carbocycles. The van der Waals surface area contributed by atoms with Gasteiger partial charge in [-0.25, -0.2) is 0 Å². The normalized spacial score (nSPS) is 11.1. The highest BCUT2D eigenvalue weighted by molar-refractivity contribution is 4.49. The Morgan fingerprint density at radius 1 is 0.667 bits per heavy atom. The first-order valence-electron chi connectivity index (χ1n) is 9.31. The minimum absolute atomic E-state index is 0.280. The van der Waals surface area contributed by atoms with Crippen molar-refractivity contribution >= 4 is 0 Å². The minimum Gasteiger partial charge on any atom is -0.396 e. The van der Waals surface area contributed by atoms with E-state index in [0.29, 0.717) is 0 Å². The van der Waals surface area contributed by atoms with Crippen LogP contribution in [-0.2, 0) is 4.74 Å². The van der Waals surface area contributed by atoms with Gasteiger partial charge in [-0.2, -0.15) is 0 Å². The van der Waals surface area contributed by atoms with E-state index in [2.05, 4.69) is 12.2 Å². The Morgan fingerprint density at radius 3 is 1.81 bits per heavy atom. The molecule has 21 heavy (non-hydrogen) atoms. The molecule has 0 radical (unpaired) electrons. The lowest BCUT2D eigenvalue weighted by molar-refractivity contribution is 0.127. The van der Waals surface area contributed by atoms with Crippen molar-refractivity contribution < 1.29 is 9.84 Å². The first kappa shape index (κ1) is 20.9. The molecule has 0 bridgehead atoms. The van der Waals surface area contributed by atoms with Gasteiger partial charge in [-0.15, -0.1) is 0 Å². The van der Waals surface area contributed by atoms with Crippen LogP contribution in [0.3, 0.4) is 0 Å². The summed E-state index contributed by atoms with van der Waals surface area (Å²) in [7, 11) is 0. The molecule has 0 heterocycles. The number of nitrogens with one attached hydrogen (secondary N) is 1. The highest BCUT2D eigenvalue weighted by Gasteiger charge is 1.94. The van der Waals surface area contributed by atoms with Gasteiger partial charge in [-0.3, -0.25) is 0 Å². The molecule has 0 spiro atoms. The fraction of sp³-hybridized carbons (Fsp3) is 1.00. The van der Waals surface area contributed by atoms with Crippen molar-refractivity contribution in [3.63, 3.8) is 0 Å². The fourth-order valence-corrected chi connectivity index (χ4v) is 2.42. The van der Waals surface area contributed by atoms with Crippen LogP contribution in [0.2, 0.25) is 0 Å². The van der Waals surface area contributed by atoms with Crippen LogP contribution in [-0.4, -0.2) is 38.0 Å². The molecular weight excluding hydrogens is 262 g/mol. The zero-order chi connectivity index (χ0) is 15.4. The van der Waals surface area contributed by atoms with Gasteiger partial charge < -0.3 is 15.2 Å². The second kappa shape index (κ2) is 19.9. The number of aliphatic hydroxyl groups is 1. The van der Waals surface area contributed by atoms with Crippen LogP contribution in [0.5, 0.6) is 0 Å². The van der Waals surface area contributed by atoms with Crippen LogP contribution >= 0.6 is 0 Å². The molecule has 0 amide bonds. The third-order valence-corrected chi connectivity index (χ3v) is 3.80. The van der Waals surface area contributed by atoms with Crippen LogP contribution in [0.1, 0.15) is 84.0 Å². The summed E-state index contributed by atoms with van der Waals surface area (Å²) >= 11 is 0. The van der Waals surface area contributed by atoms with E-state index in [1.54, 1.807) is 0 Å². The number of unbranched alkanes of at least 4 members (excludes halogenated alkanes) is 9. The molecule has 0 aromatic carbocycles. The van der Waals surface area contributed by atoms with E-state index >= 15 is 0 Å². The van der Waals surface area contributed by atoms with Crippen molar-refractivity contribution in [1.82, 2.24) is 5.32 Å². The zero-order valence-corrected chi connectivity index (χ0v) is 14.4. The average molecular weight is 302 g/mol. The van der Waals surface area contributed by atoms with E-state index in [4.69, 9.17) is 9.84 Å². The van der Waals surface area contributed by atoms with Crippen LogP contribution in [0.25, 0.3) is 0 Å². The second-order valence-electron chi connectivity index (χ2n) is 5.98. The molecule has 0 aromatic rings. The molecule has 128 valence electrons. The highest BCUT2D eigenvalue weighted by atomic mass is 16.5. The smallest absolute Gasteiger partial charge is 0.0478 e. The fourth-order valence-electron chi connectivity index (χ4n) is 2.42. The Hall–Kier alpha value is -0.120. The van der Waals surface area contributed by atoms with Gasteiger partial charge in [0.15, 0.2) is 0 Å². The van der Waals surface area contributed by atoms with Crippen molar-refractivity contribution in [1.29, 1.82) is 0 Å². The molecule has 0 rings (SSSR count). The van der Waals surface area contributed by atoms with Gasteiger partial charge in [-0.05, 0) is 32.4 Å². The number of ether oxygens (including phenoxy) is 1. The maximum Gasteiger partial charge on any atom is 0.0478 e. The summed E-state index contributed by atoms with van der Waals surface area (Å²) in [6, 6.07) is 0. The molecule has 0 atom stereocenters. The topological polar surface area (TPSA) is 41.5 Å². The largest absolute Gasteiger partial charge is 0.396 e. The Morgan fingerprint density at radius 2 is 1.19 bits per heavy atom. The van der Waals surface area contributed by atoms with Gasteiger partial charge in [0.1, 0.15) is 0 Å². The van der Waals surface area contributed by atoms with Crippen molar-refractivity contribution in [2.45, 2.75) is 84.0 Å². The Balaban J connectivity index is 2.90. The summed E-state index contributed by atoms with van der Waals surface area (Å²) in [6.07, 6.45) is 15.7. The monoisotopic (exact) mass is 301 g/mol. The SMILES string of the molecule is CCCCCCCCCCCCOCCCNCCCO. The quantitative estimate of drug-likeness (QED) is 0.371. The third kappa shape index (κ3) is 19.9. The molecule has 0 aromatic heterocycles. The van der Waals surface area contributed by atoms with Crippen LogP contribution < -0.4 is 5.32 Å². The molecule has 3 nitrogen and oxygen atoms in total. The maximum atomic E-state index is 8.63. The lowest BCUT2D eigenvalue weighted by atomic mass is 10.1. The van der Waals surface area contributed by atoms with Crippen molar-refractivity contribution in [2.24, 2.45) is 0 Å². The Bertz CT molecular complexity index is 159. The van der Waals surface area contributed by atoms with E-state index in [9.17, 15) is 0 Å². The molecule has 3 heteroatoms. The summed E-state index contributed by atoms with van der Waals surface area (Å²) in [5, 5.41) is 11.9. The van der Waals surface area contributed by atoms with Crippen LogP contribution in [0, 0.1) is 0 Å². The third-order valence-electron chi connectivity index (χ3n) is 3.80. The summed E-state index contributed by atoms with van der Waals surface area (Å²) in [6.45, 7) is 6.25. The highest BCUT2D eigenvalue weighted by Crippen LogP contribution is 2.10. The molecule has 2 N–H and O–H groups in total. The second-order valence-corrected chi connectivity index (χ2v) is 5.98. The number of hydrogen-bond donors (Lipinski definition) is 2. The lowest BCUT2D eigenvalue weighted by Crippen LogP contribution is -2.19. The summed E-state index contributed by atoms with van der Waals surface area (Å²) in [5.74, 6) is 0. The molecule has 0 fully saturated rings. The van der Waals surface area contributed by atoms with E-state index in [0.717, 1.165) is 39.1 Å². The summed E-state index contributed by atoms with van der Waals surface area (Å²) in [5.41, 5.74) is 0. The van der Waals surface area contributed by atoms with E-state index < -0.39 is 0 Å². The first-order chi connectivity index (χ1) is 10.4. The first-order valence-corrected chi connectivity index (χ1v) is 9.31. The Kier molecular flexibility index (Phi) is 19.8. The van der Waals surface area contributed by atoms with E-state index in [1.807, 2.05) is 0 Å². The van der Waals surface area contributed by atoms with Crippen molar-refractivity contribution in [3.05, 3.63) is 0 Å². The van der Waals surface area contributed by atoms with Gasteiger partial charge in [0.05, 0.1) is 0 Å². The Labute approximate surface area is 132 Å². The molecule has 0 aliphatic heterocycles. The van der Waals surface area contributed by atoms with Gasteiger partial charge >= 0.3 is 0 Å². The molecule has 0 aliphatic rings. The van der Waals surface area contributed by atoms with Crippen LogP contribution in [0.15, 0.2) is 0 Å². The number of rotatable bonds is 18. The minimum atomic E-state index is 0.280. The lowest BCUT2D eigenvalue weighted by Gasteiger charge is -2.06. The molecule has 0 saturated heterocycles. The summed E-state index contributed by atoms with van der Waals surface area (Å²) < 4.78 is 5.62. The summed E-state index contributed by atoms with van der Waals surface area (Å²) in [4.78, 5) is 0. The number of aliphatic hydroxyl groups excluding tert-OH is 1. The van der Waals surface area contributed by atoms with E-state index in [-0.39, 0.29) is 6.61 Å². The zero-order valence-electron chi connectivity index (χ0n) is 14.4. The van der Waals surface area contributed by atoms with Gasteiger partial charge in [-0.1, -0.05) is 64.7 Å². The molecular formula is C18H39NO2. The molecule has 0 aliphatic carbocycles. The molecule has 0 unspecified atom stereocenters. The van der Waals surface area contributed by atoms with Gasteiger partial charge in [0.2, 0.25) is 0 Å². The predicted molar refractivity (Wildman–Crippen MR) is 91.9 cm³/mol. The van der Waals surface area contributed by atoms with Gasteiger partial charge in [0.25, 0.3) is 0 Å². The number of hydrogen-bond acceptors (Lipinski definition) is 3. The van der Waals surface area contributed by atoms with Crippen molar-refractivity contribution in [2.75, 3.05) is 32.9 Å². The van der Waals surface area contributed by atoms with Gasteiger partial charge in [0, 0.05) is 19.8 Å². The average Bonchev–Trinajstić information content (AvgIpc) is 2.50. The van der Waals surface area contributed by atoms with Crippen LogP contribution in [0.4, 0.5) is 0 Å². The standard InChI is InChI=1S/C18H39NO2/c1-2-3-4-5-6-7-8-9-10-11-17-21-18-13-15-19-14-12-16-20/h19-20H,2-18H2,1H3. The van der Waals surface area contributed by atoms with E-state index in [1.165, 1.54) is 64.2 Å². The van der Waals surface area contributed by atoms with Crippen molar-refractivity contribution in [3.8, 4) is 0 Å². The predicted octanol–water partition coefficient (Wildman–Crippen LogP) is 4.29.